The Morgan fingerprint density at radius 1 is 1.45 bits per heavy atom. The number of nitrogens with zero attached hydrogens (tertiary/aromatic N) is 1. The largest absolute Gasteiger partial charge is 0.338 e. The first kappa shape index (κ1) is 15.1. The number of hydrogen-bond donors (Lipinski definition) is 1. The van der Waals surface area contributed by atoms with Gasteiger partial charge in [0.1, 0.15) is 0 Å². The third-order valence-corrected chi connectivity index (χ3v) is 4.98. The monoisotopic (exact) mass is 290 g/mol. The number of amides is 1. The second-order valence-electron chi connectivity index (χ2n) is 6.09. The third kappa shape index (κ3) is 3.41. The number of thiophene rings is 1. The highest BCUT2D eigenvalue weighted by Crippen LogP contribution is 2.31. The lowest BCUT2D eigenvalue weighted by atomic mass is 9.82. The first-order valence-corrected chi connectivity index (χ1v) is 7.83. The van der Waals surface area contributed by atoms with Gasteiger partial charge in [-0.2, -0.15) is 0 Å². The second-order valence-corrected chi connectivity index (χ2v) is 7.14. The van der Waals surface area contributed by atoms with Crippen molar-refractivity contribution < 1.29 is 4.79 Å². The van der Waals surface area contributed by atoms with Gasteiger partial charge < -0.3 is 10.6 Å². The van der Waals surface area contributed by atoms with E-state index in [4.69, 9.17) is 5.73 Å². The summed E-state index contributed by atoms with van der Waals surface area (Å²) in [5.74, 6) is 6.04. The van der Waals surface area contributed by atoms with Crippen LogP contribution in [-0.4, -0.2) is 30.4 Å². The molecule has 0 atom stereocenters. The number of aryl methyl sites for hydroxylation is 1. The molecule has 0 aromatic carbocycles. The maximum Gasteiger partial charge on any atom is 0.263 e. The molecule has 2 N–H and O–H groups in total. The van der Waals surface area contributed by atoms with Gasteiger partial charge in [0.15, 0.2) is 0 Å². The van der Waals surface area contributed by atoms with Crippen molar-refractivity contribution in [2.45, 2.75) is 33.6 Å². The highest BCUT2D eigenvalue weighted by atomic mass is 32.1. The summed E-state index contributed by atoms with van der Waals surface area (Å²) in [5, 5.41) is 0. The van der Waals surface area contributed by atoms with E-state index in [1.54, 1.807) is 0 Å². The maximum atomic E-state index is 12.5. The van der Waals surface area contributed by atoms with E-state index >= 15 is 0 Å². The molecule has 0 spiro atoms. The number of rotatable bonds is 1. The van der Waals surface area contributed by atoms with Crippen LogP contribution in [0.15, 0.2) is 6.07 Å². The van der Waals surface area contributed by atoms with Gasteiger partial charge in [0.2, 0.25) is 0 Å². The Morgan fingerprint density at radius 2 is 2.10 bits per heavy atom. The molecular weight excluding hydrogens is 268 g/mol. The molecule has 1 saturated heterocycles. The van der Waals surface area contributed by atoms with Gasteiger partial charge in [-0.25, -0.2) is 0 Å². The molecule has 4 heteroatoms. The molecule has 0 radical (unpaired) electrons. The van der Waals surface area contributed by atoms with Crippen LogP contribution in [-0.2, 0) is 0 Å². The molecule has 3 nitrogen and oxygen atoms in total. The van der Waals surface area contributed by atoms with Crippen LogP contribution in [0.1, 0.15) is 46.8 Å². The van der Waals surface area contributed by atoms with E-state index < -0.39 is 0 Å². The van der Waals surface area contributed by atoms with Crippen molar-refractivity contribution in [3.63, 3.8) is 0 Å². The molecule has 1 amide bonds. The zero-order valence-electron chi connectivity index (χ0n) is 12.5. The van der Waals surface area contributed by atoms with Gasteiger partial charge in [-0.1, -0.05) is 25.7 Å². The summed E-state index contributed by atoms with van der Waals surface area (Å²) in [5.41, 5.74) is 6.82. The lowest BCUT2D eigenvalue weighted by Gasteiger charge is -2.36. The van der Waals surface area contributed by atoms with Crippen LogP contribution >= 0.6 is 11.3 Å². The fourth-order valence-corrected chi connectivity index (χ4v) is 3.33. The Labute approximate surface area is 125 Å². The quantitative estimate of drug-likeness (QED) is 0.808. The first-order valence-electron chi connectivity index (χ1n) is 7.01. The summed E-state index contributed by atoms with van der Waals surface area (Å²) in [6.45, 7) is 8.59. The second kappa shape index (κ2) is 5.99. The number of carbonyl (C=O) groups excluding carboxylic acids is 1. The molecular formula is C16H22N2OS. The van der Waals surface area contributed by atoms with Gasteiger partial charge in [-0.3, -0.25) is 4.79 Å². The number of nitrogens with two attached hydrogens (primary N) is 1. The highest BCUT2D eigenvalue weighted by molar-refractivity contribution is 7.14. The standard InChI is InChI=1S/C16H22N2OS/c1-12-11-14(20-13(12)5-4-8-17)15(19)18-9-6-16(2,3)7-10-18/h11H,6-10,17H2,1-3H3. The van der Waals surface area contributed by atoms with E-state index in [0.717, 1.165) is 41.2 Å². The summed E-state index contributed by atoms with van der Waals surface area (Å²) in [7, 11) is 0. The van der Waals surface area contributed by atoms with Crippen molar-refractivity contribution in [2.75, 3.05) is 19.6 Å². The molecule has 0 saturated carbocycles. The molecule has 1 aliphatic rings. The van der Waals surface area contributed by atoms with E-state index in [1.165, 1.54) is 11.3 Å². The van der Waals surface area contributed by atoms with Crippen LogP contribution in [0.2, 0.25) is 0 Å². The van der Waals surface area contributed by atoms with Crippen LogP contribution in [0.4, 0.5) is 0 Å². The molecule has 1 aromatic rings. The minimum atomic E-state index is 0.148. The normalized spacial score (nSPS) is 17.5. The SMILES string of the molecule is Cc1cc(C(=O)N2CCC(C)(C)CC2)sc1C#CCN. The maximum absolute atomic E-state index is 12.5. The fourth-order valence-electron chi connectivity index (χ4n) is 2.31. The smallest absolute Gasteiger partial charge is 0.263 e. The Balaban J connectivity index is 2.10. The first-order chi connectivity index (χ1) is 9.43. The fraction of sp³-hybridized carbons (Fsp3) is 0.562. The number of hydrogen-bond acceptors (Lipinski definition) is 3. The zero-order valence-corrected chi connectivity index (χ0v) is 13.3. The average molecular weight is 290 g/mol. The van der Waals surface area contributed by atoms with Crippen molar-refractivity contribution in [2.24, 2.45) is 11.1 Å². The summed E-state index contributed by atoms with van der Waals surface area (Å²) < 4.78 is 0. The predicted molar refractivity (Wildman–Crippen MR) is 83.9 cm³/mol. The Kier molecular flexibility index (Phi) is 4.52. The molecule has 0 aliphatic carbocycles. The molecule has 0 unspecified atom stereocenters. The minimum Gasteiger partial charge on any atom is -0.338 e. The van der Waals surface area contributed by atoms with Crippen molar-refractivity contribution in [3.8, 4) is 11.8 Å². The number of likely N-dealkylation sites (tertiary alicyclic amines) is 1. The molecule has 1 aromatic heterocycles. The minimum absolute atomic E-state index is 0.148. The number of piperidine rings is 1. The van der Waals surface area contributed by atoms with Gasteiger partial charge in [0.25, 0.3) is 5.91 Å². The Bertz CT molecular complexity index is 553. The van der Waals surface area contributed by atoms with Crippen LogP contribution in [0.25, 0.3) is 0 Å². The van der Waals surface area contributed by atoms with Crippen molar-refractivity contribution in [1.82, 2.24) is 4.90 Å². The molecule has 108 valence electrons. The summed E-state index contributed by atoms with van der Waals surface area (Å²) >= 11 is 1.48. The molecule has 2 heterocycles. The number of carbonyl (C=O) groups is 1. The van der Waals surface area contributed by atoms with Crippen molar-refractivity contribution in [1.29, 1.82) is 0 Å². The summed E-state index contributed by atoms with van der Waals surface area (Å²) in [4.78, 5) is 16.2. The van der Waals surface area contributed by atoms with Gasteiger partial charge in [0.05, 0.1) is 16.3 Å². The van der Waals surface area contributed by atoms with E-state index in [9.17, 15) is 4.79 Å². The van der Waals surface area contributed by atoms with E-state index in [-0.39, 0.29) is 5.91 Å². The topological polar surface area (TPSA) is 46.3 Å². The van der Waals surface area contributed by atoms with Crippen LogP contribution in [0.3, 0.4) is 0 Å². The van der Waals surface area contributed by atoms with E-state index in [2.05, 4.69) is 25.7 Å². The van der Waals surface area contributed by atoms with Crippen molar-refractivity contribution in [3.05, 3.63) is 21.4 Å². The van der Waals surface area contributed by atoms with Gasteiger partial charge in [0, 0.05) is 13.1 Å². The summed E-state index contributed by atoms with van der Waals surface area (Å²) in [6.07, 6.45) is 2.14. The molecule has 1 fully saturated rings. The third-order valence-electron chi connectivity index (χ3n) is 3.84. The van der Waals surface area contributed by atoms with E-state index in [0.29, 0.717) is 12.0 Å². The lowest BCUT2D eigenvalue weighted by Crippen LogP contribution is -2.40. The van der Waals surface area contributed by atoms with Crippen molar-refractivity contribution >= 4 is 17.2 Å². The molecule has 20 heavy (non-hydrogen) atoms. The molecule has 2 rings (SSSR count). The Hall–Kier alpha value is -1.31. The van der Waals surface area contributed by atoms with E-state index in [1.807, 2.05) is 17.9 Å². The van der Waals surface area contributed by atoms with Crippen LogP contribution < -0.4 is 5.73 Å². The Morgan fingerprint density at radius 3 is 2.70 bits per heavy atom. The average Bonchev–Trinajstić information content (AvgIpc) is 2.77. The molecule has 0 bridgehead atoms. The van der Waals surface area contributed by atoms with Gasteiger partial charge in [-0.05, 0) is 36.8 Å². The van der Waals surface area contributed by atoms with Gasteiger partial charge >= 0.3 is 0 Å². The molecule has 1 aliphatic heterocycles. The van der Waals surface area contributed by atoms with Crippen LogP contribution in [0, 0.1) is 24.2 Å². The summed E-state index contributed by atoms with van der Waals surface area (Å²) in [6, 6.07) is 1.95. The lowest BCUT2D eigenvalue weighted by molar-refractivity contribution is 0.0635. The van der Waals surface area contributed by atoms with Gasteiger partial charge in [-0.15, -0.1) is 11.3 Å². The highest BCUT2D eigenvalue weighted by Gasteiger charge is 2.29. The predicted octanol–water partition coefficient (Wildman–Crippen LogP) is 2.63. The van der Waals surface area contributed by atoms with Crippen LogP contribution in [0.5, 0.6) is 0 Å². The zero-order chi connectivity index (χ0) is 14.8.